The largest absolute Gasteiger partial charge is 0.504 e. The van der Waals surface area contributed by atoms with Crippen molar-refractivity contribution < 1.29 is 10.2 Å². The van der Waals surface area contributed by atoms with E-state index in [1.165, 1.54) is 17.0 Å². The summed E-state index contributed by atoms with van der Waals surface area (Å²) in [5.41, 5.74) is -0.0807. The summed E-state index contributed by atoms with van der Waals surface area (Å²) in [5.74, 6) is -0.888. The van der Waals surface area contributed by atoms with E-state index in [0.717, 1.165) is 0 Å². The maximum Gasteiger partial charge on any atom is 0.262 e. The standard InChI is InChI=1S/C10H9ClN2O3/c1-2-13-4-12-5-3-6(14)9(15)8(11)7(5)10(13)16/h3-4,14-15H,2H2,1H3. The van der Waals surface area contributed by atoms with Gasteiger partial charge in [-0.25, -0.2) is 4.98 Å². The smallest absolute Gasteiger partial charge is 0.262 e. The number of fused-ring (bicyclic) bond motifs is 1. The Hall–Kier alpha value is -1.75. The van der Waals surface area contributed by atoms with E-state index in [1.807, 2.05) is 0 Å². The summed E-state index contributed by atoms with van der Waals surface area (Å²) in [7, 11) is 0. The molecule has 84 valence electrons. The Morgan fingerprint density at radius 2 is 2.19 bits per heavy atom. The lowest BCUT2D eigenvalue weighted by molar-refractivity contribution is 0.405. The highest BCUT2D eigenvalue weighted by Crippen LogP contribution is 2.37. The van der Waals surface area contributed by atoms with Gasteiger partial charge in [0, 0.05) is 12.6 Å². The quantitative estimate of drug-likeness (QED) is 0.741. The lowest BCUT2D eigenvalue weighted by Gasteiger charge is -2.06. The Kier molecular flexibility index (Phi) is 2.47. The molecule has 2 rings (SSSR count). The molecule has 0 atom stereocenters. The maximum atomic E-state index is 11.9. The maximum absolute atomic E-state index is 11.9. The van der Waals surface area contributed by atoms with Crippen molar-refractivity contribution in [3.63, 3.8) is 0 Å². The van der Waals surface area contributed by atoms with Gasteiger partial charge < -0.3 is 10.2 Å². The van der Waals surface area contributed by atoms with Gasteiger partial charge in [0.2, 0.25) is 0 Å². The molecule has 1 heterocycles. The molecular weight excluding hydrogens is 232 g/mol. The van der Waals surface area contributed by atoms with Crippen LogP contribution in [0.15, 0.2) is 17.2 Å². The number of benzene rings is 1. The van der Waals surface area contributed by atoms with E-state index in [4.69, 9.17) is 11.6 Å². The van der Waals surface area contributed by atoms with Gasteiger partial charge in [-0.1, -0.05) is 11.6 Å². The van der Waals surface area contributed by atoms with E-state index in [0.29, 0.717) is 6.54 Å². The number of phenols is 2. The van der Waals surface area contributed by atoms with Crippen LogP contribution in [0.25, 0.3) is 10.9 Å². The minimum atomic E-state index is -0.498. The molecule has 0 bridgehead atoms. The number of hydrogen-bond acceptors (Lipinski definition) is 4. The predicted octanol–water partition coefficient (Wildman–Crippen LogP) is 1.48. The molecule has 5 nitrogen and oxygen atoms in total. The summed E-state index contributed by atoms with van der Waals surface area (Å²) in [6, 6.07) is 1.21. The molecule has 0 aliphatic heterocycles. The second-order valence-electron chi connectivity index (χ2n) is 3.29. The average molecular weight is 241 g/mol. The highest BCUT2D eigenvalue weighted by molar-refractivity contribution is 6.37. The van der Waals surface area contributed by atoms with Crippen LogP contribution in [0.5, 0.6) is 11.5 Å². The number of phenolic OH excluding ortho intramolecular Hbond substituents is 2. The number of hydrogen-bond donors (Lipinski definition) is 2. The third kappa shape index (κ3) is 1.40. The highest BCUT2D eigenvalue weighted by Gasteiger charge is 2.14. The molecule has 0 saturated heterocycles. The lowest BCUT2D eigenvalue weighted by Crippen LogP contribution is -2.19. The Labute approximate surface area is 95.5 Å². The Balaban J connectivity index is 2.99. The molecule has 16 heavy (non-hydrogen) atoms. The fraction of sp³-hybridized carbons (Fsp3) is 0.200. The molecule has 0 saturated carbocycles. The summed E-state index contributed by atoms with van der Waals surface area (Å²) in [6.45, 7) is 2.25. The molecule has 1 aromatic heterocycles. The van der Waals surface area contributed by atoms with Crippen molar-refractivity contribution in [1.29, 1.82) is 0 Å². The second-order valence-corrected chi connectivity index (χ2v) is 3.67. The molecule has 0 radical (unpaired) electrons. The van der Waals surface area contributed by atoms with E-state index in [-0.39, 0.29) is 21.5 Å². The molecule has 0 unspecified atom stereocenters. The van der Waals surface area contributed by atoms with Crippen molar-refractivity contribution in [3.05, 3.63) is 27.8 Å². The van der Waals surface area contributed by atoms with Gasteiger partial charge in [-0.2, -0.15) is 0 Å². The van der Waals surface area contributed by atoms with Crippen molar-refractivity contribution in [1.82, 2.24) is 9.55 Å². The molecule has 0 spiro atoms. The highest BCUT2D eigenvalue weighted by atomic mass is 35.5. The third-order valence-corrected chi connectivity index (χ3v) is 2.72. The molecule has 0 aliphatic carbocycles. The zero-order chi connectivity index (χ0) is 11.9. The number of nitrogens with zero attached hydrogens (tertiary/aromatic N) is 2. The first-order valence-electron chi connectivity index (χ1n) is 4.65. The SMILES string of the molecule is CCn1cnc2cc(O)c(O)c(Cl)c2c1=O. The van der Waals surface area contributed by atoms with Crippen LogP contribution in [0.1, 0.15) is 6.92 Å². The summed E-state index contributed by atoms with van der Waals surface area (Å²) in [6.07, 6.45) is 1.37. The van der Waals surface area contributed by atoms with Crippen LogP contribution in [0.3, 0.4) is 0 Å². The van der Waals surface area contributed by atoms with Gasteiger partial charge in [-0.15, -0.1) is 0 Å². The van der Waals surface area contributed by atoms with E-state index in [1.54, 1.807) is 6.92 Å². The van der Waals surface area contributed by atoms with Gasteiger partial charge in [-0.05, 0) is 6.92 Å². The predicted molar refractivity (Wildman–Crippen MR) is 60.0 cm³/mol. The van der Waals surface area contributed by atoms with Crippen LogP contribution in [-0.2, 0) is 6.54 Å². The van der Waals surface area contributed by atoms with Crippen LogP contribution in [0, 0.1) is 0 Å². The molecule has 0 amide bonds. The second kappa shape index (κ2) is 3.68. The number of rotatable bonds is 1. The van der Waals surface area contributed by atoms with Crippen LogP contribution in [0.4, 0.5) is 0 Å². The van der Waals surface area contributed by atoms with Gasteiger partial charge in [0.05, 0.1) is 17.2 Å². The third-order valence-electron chi connectivity index (χ3n) is 2.35. The number of aromatic nitrogens is 2. The van der Waals surface area contributed by atoms with Gasteiger partial charge in [0.15, 0.2) is 11.5 Å². The van der Waals surface area contributed by atoms with E-state index >= 15 is 0 Å². The number of aromatic hydroxyl groups is 2. The van der Waals surface area contributed by atoms with Crippen molar-refractivity contribution in [3.8, 4) is 11.5 Å². The average Bonchev–Trinajstić information content (AvgIpc) is 2.26. The van der Waals surface area contributed by atoms with Crippen molar-refractivity contribution in [2.45, 2.75) is 13.5 Å². The fourth-order valence-corrected chi connectivity index (χ4v) is 1.75. The van der Waals surface area contributed by atoms with Crippen molar-refractivity contribution >= 4 is 22.5 Å². The zero-order valence-corrected chi connectivity index (χ0v) is 9.19. The van der Waals surface area contributed by atoms with Crippen LogP contribution in [0.2, 0.25) is 5.02 Å². The first-order chi connectivity index (χ1) is 7.56. The van der Waals surface area contributed by atoms with Gasteiger partial charge in [-0.3, -0.25) is 9.36 Å². The van der Waals surface area contributed by atoms with Crippen molar-refractivity contribution in [2.24, 2.45) is 0 Å². The summed E-state index contributed by atoms with van der Waals surface area (Å²) in [4.78, 5) is 15.9. The lowest BCUT2D eigenvalue weighted by atomic mass is 10.2. The Morgan fingerprint density at radius 3 is 2.81 bits per heavy atom. The summed E-state index contributed by atoms with van der Waals surface area (Å²) < 4.78 is 1.37. The number of halogens is 1. The molecular formula is C10H9ClN2O3. The van der Waals surface area contributed by atoms with Gasteiger partial charge in [0.25, 0.3) is 5.56 Å². The Bertz CT molecular complexity index is 621. The molecule has 0 fully saturated rings. The topological polar surface area (TPSA) is 75.3 Å². The van der Waals surface area contributed by atoms with Crippen LogP contribution >= 0.6 is 11.6 Å². The Morgan fingerprint density at radius 1 is 1.50 bits per heavy atom. The molecule has 1 aromatic carbocycles. The van der Waals surface area contributed by atoms with E-state index in [2.05, 4.69) is 4.98 Å². The van der Waals surface area contributed by atoms with Crippen LogP contribution < -0.4 is 5.56 Å². The molecule has 2 aromatic rings. The first-order valence-corrected chi connectivity index (χ1v) is 5.03. The fourth-order valence-electron chi connectivity index (χ4n) is 1.47. The monoisotopic (exact) mass is 240 g/mol. The van der Waals surface area contributed by atoms with Gasteiger partial charge in [0.1, 0.15) is 5.02 Å². The van der Waals surface area contributed by atoms with E-state index in [9.17, 15) is 15.0 Å². The minimum absolute atomic E-state index is 0.112. The minimum Gasteiger partial charge on any atom is -0.504 e. The first kappa shape index (κ1) is 10.8. The van der Waals surface area contributed by atoms with Gasteiger partial charge >= 0.3 is 0 Å². The molecule has 2 N–H and O–H groups in total. The molecule has 6 heteroatoms. The van der Waals surface area contributed by atoms with Crippen molar-refractivity contribution in [2.75, 3.05) is 0 Å². The number of aryl methyl sites for hydroxylation is 1. The van der Waals surface area contributed by atoms with Crippen LogP contribution in [-0.4, -0.2) is 19.8 Å². The van der Waals surface area contributed by atoms with E-state index < -0.39 is 11.5 Å². The summed E-state index contributed by atoms with van der Waals surface area (Å²) in [5, 5.41) is 18.7. The normalized spacial score (nSPS) is 10.9. The zero-order valence-electron chi connectivity index (χ0n) is 8.44. The molecule has 0 aliphatic rings. The summed E-state index contributed by atoms with van der Waals surface area (Å²) >= 11 is 5.80.